The molecule has 0 radical (unpaired) electrons. The van der Waals surface area contributed by atoms with Gasteiger partial charge in [-0.3, -0.25) is 4.79 Å². The molecule has 0 unspecified atom stereocenters. The molecule has 4 nitrogen and oxygen atoms in total. The lowest BCUT2D eigenvalue weighted by atomic mass is 10.2. The summed E-state index contributed by atoms with van der Waals surface area (Å²) < 4.78 is 5.53. The first kappa shape index (κ1) is 14.2. The highest BCUT2D eigenvalue weighted by atomic mass is 35.5. The molecule has 0 aliphatic carbocycles. The largest absolute Gasteiger partial charge is 0.483 e. The Morgan fingerprint density at radius 3 is 3.05 bits per heavy atom. The van der Waals surface area contributed by atoms with Crippen LogP contribution in [0.2, 0.25) is 5.02 Å². The third-order valence-corrected chi connectivity index (χ3v) is 3.63. The number of rotatable bonds is 4. The van der Waals surface area contributed by atoms with Crippen LogP contribution in [0.5, 0.6) is 5.75 Å². The van der Waals surface area contributed by atoms with Gasteiger partial charge in [-0.2, -0.15) is 0 Å². The molecule has 5 heteroatoms. The number of benzene rings is 1. The molecule has 0 saturated carbocycles. The number of likely N-dealkylation sites (tertiary alicyclic amines) is 1. The van der Waals surface area contributed by atoms with Gasteiger partial charge in [-0.25, -0.2) is 0 Å². The molecular weight excluding hydrogens is 266 g/mol. The van der Waals surface area contributed by atoms with Gasteiger partial charge < -0.3 is 14.7 Å². The minimum absolute atomic E-state index is 0.00102. The Bertz CT molecular complexity index is 464. The highest BCUT2D eigenvalue weighted by Gasteiger charge is 2.28. The number of nitrogens with zero attached hydrogens (tertiary/aromatic N) is 1. The van der Waals surface area contributed by atoms with Gasteiger partial charge in [-0.05, 0) is 43.5 Å². The average Bonchev–Trinajstić information content (AvgIpc) is 2.85. The molecule has 1 atom stereocenters. The number of carbonyl (C=O) groups excluding carboxylic acids is 1. The van der Waals surface area contributed by atoms with Gasteiger partial charge in [0.05, 0.1) is 12.6 Å². The van der Waals surface area contributed by atoms with Crippen LogP contribution < -0.4 is 4.74 Å². The number of carbonyl (C=O) groups is 1. The van der Waals surface area contributed by atoms with Crippen LogP contribution in [-0.4, -0.2) is 41.7 Å². The molecule has 1 amide bonds. The molecule has 1 saturated heterocycles. The van der Waals surface area contributed by atoms with Crippen LogP contribution in [0, 0.1) is 6.92 Å². The topological polar surface area (TPSA) is 49.8 Å². The summed E-state index contributed by atoms with van der Waals surface area (Å²) in [7, 11) is 0. The number of amides is 1. The van der Waals surface area contributed by atoms with Crippen LogP contribution in [0.1, 0.15) is 18.4 Å². The highest BCUT2D eigenvalue weighted by molar-refractivity contribution is 6.30. The van der Waals surface area contributed by atoms with Crippen molar-refractivity contribution >= 4 is 17.5 Å². The molecule has 0 bridgehead atoms. The standard InChI is InChI=1S/C14H18ClNO3/c1-10-7-11(15)4-5-13(10)19-9-14(18)16-6-2-3-12(16)8-17/h4-5,7,12,17H,2-3,6,8-9H2,1H3/t12-/m0/s1. The average molecular weight is 284 g/mol. The van der Waals surface area contributed by atoms with Gasteiger partial charge in [0.1, 0.15) is 5.75 Å². The van der Waals surface area contributed by atoms with Crippen LogP contribution in [0.15, 0.2) is 18.2 Å². The number of halogens is 1. The van der Waals surface area contributed by atoms with Crippen LogP contribution >= 0.6 is 11.6 Å². The first-order valence-corrected chi connectivity index (χ1v) is 6.79. The third-order valence-electron chi connectivity index (χ3n) is 3.40. The van der Waals surface area contributed by atoms with Crippen LogP contribution in [0.4, 0.5) is 0 Å². The first-order valence-electron chi connectivity index (χ1n) is 6.41. The van der Waals surface area contributed by atoms with E-state index in [4.69, 9.17) is 16.3 Å². The van der Waals surface area contributed by atoms with Crippen molar-refractivity contribution in [2.75, 3.05) is 19.8 Å². The monoisotopic (exact) mass is 283 g/mol. The predicted octanol–water partition coefficient (Wildman–Crippen LogP) is 2.01. The zero-order chi connectivity index (χ0) is 13.8. The van der Waals surface area contributed by atoms with Crippen LogP contribution in [0.25, 0.3) is 0 Å². The van der Waals surface area contributed by atoms with E-state index in [2.05, 4.69) is 0 Å². The fourth-order valence-electron chi connectivity index (χ4n) is 2.35. The fraction of sp³-hybridized carbons (Fsp3) is 0.500. The van der Waals surface area contributed by atoms with Crippen molar-refractivity contribution in [1.82, 2.24) is 4.90 Å². The molecule has 1 aromatic rings. The summed E-state index contributed by atoms with van der Waals surface area (Å²) in [5, 5.41) is 9.84. The normalized spacial score (nSPS) is 18.7. The molecule has 1 N–H and O–H groups in total. The lowest BCUT2D eigenvalue weighted by Crippen LogP contribution is -2.40. The van der Waals surface area contributed by atoms with Gasteiger partial charge >= 0.3 is 0 Å². The Hall–Kier alpha value is -1.26. The zero-order valence-corrected chi connectivity index (χ0v) is 11.7. The minimum atomic E-state index is -0.0779. The summed E-state index contributed by atoms with van der Waals surface area (Å²) in [5.74, 6) is 0.586. The van der Waals surface area contributed by atoms with Crippen LogP contribution in [0.3, 0.4) is 0 Å². The molecule has 1 aliphatic rings. The Morgan fingerprint density at radius 1 is 1.58 bits per heavy atom. The predicted molar refractivity (Wildman–Crippen MR) is 73.5 cm³/mol. The quantitative estimate of drug-likeness (QED) is 0.920. The van der Waals surface area contributed by atoms with E-state index in [-0.39, 0.29) is 25.2 Å². The van der Waals surface area contributed by atoms with E-state index in [0.717, 1.165) is 18.4 Å². The Labute approximate surface area is 117 Å². The molecule has 0 aromatic heterocycles. The van der Waals surface area contributed by atoms with Gasteiger partial charge in [0.25, 0.3) is 5.91 Å². The van der Waals surface area contributed by atoms with Gasteiger partial charge in [0, 0.05) is 11.6 Å². The summed E-state index contributed by atoms with van der Waals surface area (Å²) in [4.78, 5) is 13.7. The van der Waals surface area contributed by atoms with Crippen LogP contribution in [-0.2, 0) is 4.79 Å². The lowest BCUT2D eigenvalue weighted by molar-refractivity contribution is -0.134. The fourth-order valence-corrected chi connectivity index (χ4v) is 2.58. The first-order chi connectivity index (χ1) is 9.11. The summed E-state index contributed by atoms with van der Waals surface area (Å²) in [6, 6.07) is 5.25. The molecule has 0 spiro atoms. The molecule has 1 heterocycles. The molecule has 1 fully saturated rings. The van der Waals surface area contributed by atoms with Crippen molar-refractivity contribution in [3.05, 3.63) is 28.8 Å². The maximum atomic E-state index is 12.0. The van der Waals surface area contributed by atoms with E-state index in [1.807, 2.05) is 6.92 Å². The summed E-state index contributed by atoms with van der Waals surface area (Å²) in [6.45, 7) is 2.61. The Kier molecular flexibility index (Phi) is 4.66. The minimum Gasteiger partial charge on any atom is -0.483 e. The summed E-state index contributed by atoms with van der Waals surface area (Å²) >= 11 is 5.86. The Balaban J connectivity index is 1.93. The van der Waals surface area contributed by atoms with E-state index >= 15 is 0 Å². The van der Waals surface area contributed by atoms with E-state index in [1.165, 1.54) is 0 Å². The maximum Gasteiger partial charge on any atom is 0.260 e. The maximum absolute atomic E-state index is 12.0. The number of aliphatic hydroxyl groups is 1. The second-order valence-electron chi connectivity index (χ2n) is 4.76. The second-order valence-corrected chi connectivity index (χ2v) is 5.20. The Morgan fingerprint density at radius 2 is 2.37 bits per heavy atom. The van der Waals surface area contributed by atoms with Gasteiger partial charge in [-0.1, -0.05) is 11.6 Å². The molecule has 1 aromatic carbocycles. The third kappa shape index (κ3) is 3.39. The smallest absolute Gasteiger partial charge is 0.260 e. The number of ether oxygens (including phenoxy) is 1. The highest BCUT2D eigenvalue weighted by Crippen LogP contribution is 2.22. The zero-order valence-electron chi connectivity index (χ0n) is 10.9. The lowest BCUT2D eigenvalue weighted by Gasteiger charge is -2.23. The summed E-state index contributed by atoms with van der Waals surface area (Å²) in [6.07, 6.45) is 1.80. The van der Waals surface area contributed by atoms with Gasteiger partial charge in [0.15, 0.2) is 6.61 Å². The number of hydrogen-bond acceptors (Lipinski definition) is 3. The molecular formula is C14H18ClNO3. The van der Waals surface area contributed by atoms with Crippen molar-refractivity contribution in [2.24, 2.45) is 0 Å². The van der Waals surface area contributed by atoms with E-state index in [0.29, 0.717) is 17.3 Å². The molecule has 104 valence electrons. The van der Waals surface area contributed by atoms with Crippen molar-refractivity contribution in [1.29, 1.82) is 0 Å². The molecule has 1 aliphatic heterocycles. The van der Waals surface area contributed by atoms with Crippen molar-refractivity contribution in [3.63, 3.8) is 0 Å². The van der Waals surface area contributed by atoms with Gasteiger partial charge in [0.2, 0.25) is 0 Å². The van der Waals surface area contributed by atoms with E-state index < -0.39 is 0 Å². The van der Waals surface area contributed by atoms with E-state index in [1.54, 1.807) is 23.1 Å². The number of aryl methyl sites for hydroxylation is 1. The SMILES string of the molecule is Cc1cc(Cl)ccc1OCC(=O)N1CCC[C@H]1CO. The number of aliphatic hydroxyl groups excluding tert-OH is 1. The molecule has 2 rings (SSSR count). The van der Waals surface area contributed by atoms with Crippen molar-refractivity contribution in [2.45, 2.75) is 25.8 Å². The van der Waals surface area contributed by atoms with Gasteiger partial charge in [-0.15, -0.1) is 0 Å². The number of hydrogen-bond donors (Lipinski definition) is 1. The van der Waals surface area contributed by atoms with Crippen molar-refractivity contribution in [3.8, 4) is 5.75 Å². The van der Waals surface area contributed by atoms with E-state index in [9.17, 15) is 9.90 Å². The molecule has 19 heavy (non-hydrogen) atoms. The second kappa shape index (κ2) is 6.26. The van der Waals surface area contributed by atoms with Crippen molar-refractivity contribution < 1.29 is 14.6 Å². The summed E-state index contributed by atoms with van der Waals surface area (Å²) in [5.41, 5.74) is 0.903.